The number of phenolic OH excluding ortho intramolecular Hbond substituents is 1. The van der Waals surface area contributed by atoms with Crippen LogP contribution in [-0.2, 0) is 21.2 Å². The van der Waals surface area contributed by atoms with Crippen molar-refractivity contribution in [2.24, 2.45) is 5.92 Å². The van der Waals surface area contributed by atoms with E-state index in [9.17, 15) is 18.3 Å². The van der Waals surface area contributed by atoms with Crippen LogP contribution in [0.4, 0.5) is 5.69 Å². The van der Waals surface area contributed by atoms with Crippen LogP contribution < -0.4 is 9.62 Å². The minimum absolute atomic E-state index is 0.0729. The zero-order valence-electron chi connectivity index (χ0n) is 18.8. The molecule has 6 nitrogen and oxygen atoms in total. The van der Waals surface area contributed by atoms with Crippen molar-refractivity contribution in [3.63, 3.8) is 0 Å². The normalized spacial score (nSPS) is 17.4. The third-order valence-corrected chi connectivity index (χ3v) is 6.33. The van der Waals surface area contributed by atoms with Crippen molar-refractivity contribution in [3.05, 3.63) is 95.6 Å². The van der Waals surface area contributed by atoms with E-state index < -0.39 is 10.0 Å². The molecule has 1 aliphatic heterocycles. The van der Waals surface area contributed by atoms with E-state index in [1.54, 1.807) is 29.2 Å². The number of rotatable bonds is 7. The number of amides is 1. The van der Waals surface area contributed by atoms with Gasteiger partial charge < -0.3 is 10.0 Å². The lowest BCUT2D eigenvalue weighted by molar-refractivity contribution is -0.130. The molecular weight excluding hydrogens is 448 g/mol. The Morgan fingerprint density at radius 2 is 1.65 bits per heavy atom. The first-order valence-corrected chi connectivity index (χ1v) is 12.9. The molecule has 3 aromatic rings. The van der Waals surface area contributed by atoms with Gasteiger partial charge in [-0.05, 0) is 72.7 Å². The van der Waals surface area contributed by atoms with E-state index in [0.717, 1.165) is 36.8 Å². The standard InChI is InChI=1S/C27H26N2O4S/c1-34(32,33)28-19-18-21-10-14-23(15-11-21)29-26(22-12-16-24(30)17-13-22)25(27(29)31)9-5-8-20-6-3-2-4-7-20/h2-4,6-7,10-17,25-26,28,30H,5,8-9H2,1H3/t25-,26+/m0/s1. The number of aromatic hydroxyl groups is 1. The van der Waals surface area contributed by atoms with E-state index in [-0.39, 0.29) is 23.6 Å². The molecule has 1 aliphatic rings. The van der Waals surface area contributed by atoms with Crippen LogP contribution in [-0.4, -0.2) is 25.7 Å². The Morgan fingerprint density at radius 3 is 2.29 bits per heavy atom. The van der Waals surface area contributed by atoms with Crippen LogP contribution >= 0.6 is 0 Å². The maximum atomic E-state index is 13.2. The van der Waals surface area contributed by atoms with Crippen LogP contribution in [0.1, 0.15) is 35.6 Å². The molecule has 0 unspecified atom stereocenters. The first-order chi connectivity index (χ1) is 16.3. The minimum atomic E-state index is -3.39. The molecule has 174 valence electrons. The second-order valence-electron chi connectivity index (χ2n) is 8.40. The predicted molar refractivity (Wildman–Crippen MR) is 133 cm³/mol. The summed E-state index contributed by atoms with van der Waals surface area (Å²) >= 11 is 0. The largest absolute Gasteiger partial charge is 0.508 e. The maximum absolute atomic E-state index is 13.2. The lowest BCUT2D eigenvalue weighted by Gasteiger charge is -2.47. The zero-order valence-corrected chi connectivity index (χ0v) is 19.6. The van der Waals surface area contributed by atoms with Gasteiger partial charge in [0, 0.05) is 17.3 Å². The van der Waals surface area contributed by atoms with Crippen LogP contribution in [0.3, 0.4) is 0 Å². The number of benzene rings is 3. The highest BCUT2D eigenvalue weighted by molar-refractivity contribution is 7.88. The third kappa shape index (κ3) is 5.59. The van der Waals surface area contributed by atoms with Crippen molar-refractivity contribution in [2.45, 2.75) is 25.3 Å². The van der Waals surface area contributed by atoms with Gasteiger partial charge >= 0.3 is 0 Å². The van der Waals surface area contributed by atoms with Crippen molar-refractivity contribution in [2.75, 3.05) is 11.2 Å². The van der Waals surface area contributed by atoms with Gasteiger partial charge in [-0.2, -0.15) is 0 Å². The number of hydrogen-bond donors (Lipinski definition) is 2. The number of phenols is 1. The van der Waals surface area contributed by atoms with E-state index >= 15 is 0 Å². The highest BCUT2D eigenvalue weighted by Gasteiger charge is 2.48. The summed E-state index contributed by atoms with van der Waals surface area (Å²) < 4.78 is 24.4. The maximum Gasteiger partial charge on any atom is 0.236 e. The number of sulfonamides is 1. The fourth-order valence-corrected chi connectivity index (χ4v) is 4.47. The van der Waals surface area contributed by atoms with Crippen LogP contribution in [0, 0.1) is 17.9 Å². The summed E-state index contributed by atoms with van der Waals surface area (Å²) in [6.07, 6.45) is 3.64. The monoisotopic (exact) mass is 474 g/mol. The molecule has 0 spiro atoms. The summed E-state index contributed by atoms with van der Waals surface area (Å²) in [5.74, 6) is 2.87. The molecule has 0 saturated carbocycles. The van der Waals surface area contributed by atoms with Gasteiger partial charge in [0.05, 0.1) is 18.2 Å². The Labute approximate surface area is 200 Å². The fraction of sp³-hybridized carbons (Fsp3) is 0.222. The molecule has 34 heavy (non-hydrogen) atoms. The average Bonchev–Trinajstić information content (AvgIpc) is 2.81. The molecule has 1 saturated heterocycles. The van der Waals surface area contributed by atoms with Crippen molar-refractivity contribution in [3.8, 4) is 17.7 Å². The highest BCUT2D eigenvalue weighted by Crippen LogP contribution is 2.45. The van der Waals surface area contributed by atoms with Gasteiger partial charge in [-0.15, -0.1) is 0 Å². The Balaban J connectivity index is 1.51. The zero-order chi connectivity index (χ0) is 24.1. The summed E-state index contributed by atoms with van der Waals surface area (Å²) in [7, 11) is -3.39. The van der Waals surface area contributed by atoms with E-state index in [1.807, 2.05) is 42.5 Å². The minimum Gasteiger partial charge on any atom is -0.508 e. The summed E-state index contributed by atoms with van der Waals surface area (Å²) in [5.41, 5.74) is 3.62. The molecule has 0 radical (unpaired) electrons. The lowest BCUT2D eigenvalue weighted by Crippen LogP contribution is -2.55. The molecule has 1 fully saturated rings. The molecule has 2 N–H and O–H groups in total. The van der Waals surface area contributed by atoms with Gasteiger partial charge in [0.1, 0.15) is 5.75 Å². The number of nitrogens with one attached hydrogen (secondary N) is 1. The van der Waals surface area contributed by atoms with Crippen LogP contribution in [0.5, 0.6) is 5.75 Å². The lowest BCUT2D eigenvalue weighted by atomic mass is 9.78. The van der Waals surface area contributed by atoms with Crippen LogP contribution in [0.15, 0.2) is 78.9 Å². The van der Waals surface area contributed by atoms with Gasteiger partial charge in [0.2, 0.25) is 15.9 Å². The van der Waals surface area contributed by atoms with Crippen molar-refractivity contribution < 1.29 is 18.3 Å². The number of β-lactam (4-membered cyclic amide) rings is 1. The molecule has 1 heterocycles. The van der Waals surface area contributed by atoms with Gasteiger partial charge in [-0.1, -0.05) is 42.5 Å². The summed E-state index contributed by atoms with van der Waals surface area (Å²) in [5, 5.41) is 9.71. The number of anilines is 1. The number of nitrogens with zero attached hydrogens (tertiary/aromatic N) is 1. The van der Waals surface area contributed by atoms with Gasteiger partial charge in [0.15, 0.2) is 0 Å². The average molecular weight is 475 g/mol. The van der Waals surface area contributed by atoms with Crippen LogP contribution in [0.25, 0.3) is 0 Å². The van der Waals surface area contributed by atoms with Crippen molar-refractivity contribution in [1.82, 2.24) is 4.72 Å². The van der Waals surface area contributed by atoms with Crippen LogP contribution in [0.2, 0.25) is 0 Å². The predicted octanol–water partition coefficient (Wildman–Crippen LogP) is 3.98. The number of hydrogen-bond acceptors (Lipinski definition) is 4. The first kappa shape index (κ1) is 23.4. The Hall–Kier alpha value is -3.76. The molecule has 0 aliphatic carbocycles. The van der Waals surface area contributed by atoms with E-state index in [1.165, 1.54) is 5.56 Å². The molecule has 0 aromatic heterocycles. The summed E-state index contributed by atoms with van der Waals surface area (Å²) in [6.45, 7) is 0. The molecule has 7 heteroatoms. The van der Waals surface area contributed by atoms with E-state index in [0.29, 0.717) is 5.56 Å². The van der Waals surface area contributed by atoms with Gasteiger partial charge in [0.25, 0.3) is 0 Å². The third-order valence-electron chi connectivity index (χ3n) is 5.86. The quantitative estimate of drug-likeness (QED) is 0.308. The molecule has 0 bridgehead atoms. The number of carbonyl (C=O) groups excluding carboxylic acids is 1. The van der Waals surface area contributed by atoms with E-state index in [2.05, 4.69) is 28.8 Å². The smallest absolute Gasteiger partial charge is 0.236 e. The van der Waals surface area contributed by atoms with E-state index in [4.69, 9.17) is 0 Å². The van der Waals surface area contributed by atoms with Crippen molar-refractivity contribution >= 4 is 21.6 Å². The summed E-state index contributed by atoms with van der Waals surface area (Å²) in [6, 6.07) is 26.7. The first-order valence-electron chi connectivity index (χ1n) is 11.1. The Kier molecular flexibility index (Phi) is 6.90. The highest BCUT2D eigenvalue weighted by atomic mass is 32.2. The molecule has 2 atom stereocenters. The van der Waals surface area contributed by atoms with Gasteiger partial charge in [-0.3, -0.25) is 4.79 Å². The molecule has 3 aromatic carbocycles. The summed E-state index contributed by atoms with van der Waals surface area (Å²) in [4.78, 5) is 15.0. The molecular formula is C27H26N2O4S. The molecule has 1 amide bonds. The topological polar surface area (TPSA) is 86.7 Å². The fourth-order valence-electron chi connectivity index (χ4n) is 4.24. The molecule has 4 rings (SSSR count). The second kappa shape index (κ2) is 10.0. The Bertz CT molecular complexity index is 1310. The second-order valence-corrected chi connectivity index (χ2v) is 10.1. The van der Waals surface area contributed by atoms with Gasteiger partial charge in [-0.25, -0.2) is 13.1 Å². The Morgan fingerprint density at radius 1 is 0.971 bits per heavy atom. The van der Waals surface area contributed by atoms with Crippen molar-refractivity contribution in [1.29, 1.82) is 0 Å². The SMILES string of the molecule is CS(=O)(=O)NC#Cc1ccc(N2C(=O)[C@@H](CCCc3ccccc3)[C@H]2c2ccc(O)cc2)cc1. The number of carbonyl (C=O) groups is 1. The number of aryl methyl sites for hydroxylation is 1.